The molecule has 3 heterocycles. The van der Waals surface area contributed by atoms with E-state index in [1.165, 1.54) is 6.42 Å². The van der Waals surface area contributed by atoms with Crippen molar-refractivity contribution in [1.82, 2.24) is 15.0 Å². The van der Waals surface area contributed by atoms with Crippen LogP contribution in [0.2, 0.25) is 0 Å². The smallest absolute Gasteiger partial charge is 0.225 e. The molecule has 0 atom stereocenters. The molecule has 25 heavy (non-hydrogen) atoms. The number of hydrogen-bond donors (Lipinski definition) is 0. The first-order valence-corrected chi connectivity index (χ1v) is 9.51. The molecule has 2 saturated heterocycles. The number of aromatic nitrogens is 1. The highest BCUT2D eigenvalue weighted by Gasteiger charge is 2.48. The van der Waals surface area contributed by atoms with Crippen molar-refractivity contribution in [2.24, 2.45) is 5.92 Å². The Morgan fingerprint density at radius 1 is 1.24 bits per heavy atom. The quantitative estimate of drug-likeness (QED) is 0.844. The third-order valence-corrected chi connectivity index (χ3v) is 6.64. The number of piperidine rings is 1. The van der Waals surface area contributed by atoms with E-state index in [0.717, 1.165) is 62.2 Å². The summed E-state index contributed by atoms with van der Waals surface area (Å²) in [4.78, 5) is 29.1. The second-order valence-electron chi connectivity index (χ2n) is 7.96. The first-order valence-electron chi connectivity index (χ1n) is 9.51. The number of likely N-dealkylation sites (tertiary alicyclic amines) is 2. The summed E-state index contributed by atoms with van der Waals surface area (Å²) in [7, 11) is 0. The van der Waals surface area contributed by atoms with Gasteiger partial charge < -0.3 is 14.3 Å². The summed E-state index contributed by atoms with van der Waals surface area (Å²) in [5, 5.41) is 4.02. The van der Waals surface area contributed by atoms with Crippen LogP contribution in [0.1, 0.15) is 62.0 Å². The van der Waals surface area contributed by atoms with Gasteiger partial charge in [0.25, 0.3) is 0 Å². The van der Waals surface area contributed by atoms with Crippen molar-refractivity contribution < 1.29 is 14.1 Å². The second kappa shape index (κ2) is 6.15. The zero-order chi connectivity index (χ0) is 17.6. The van der Waals surface area contributed by atoms with Crippen LogP contribution in [-0.2, 0) is 16.1 Å². The summed E-state index contributed by atoms with van der Waals surface area (Å²) < 4.78 is 5.27. The topological polar surface area (TPSA) is 66.7 Å². The van der Waals surface area contributed by atoms with Crippen molar-refractivity contribution in [1.29, 1.82) is 0 Å². The van der Waals surface area contributed by atoms with Crippen LogP contribution in [0.25, 0.3) is 0 Å². The number of rotatable bonds is 3. The summed E-state index contributed by atoms with van der Waals surface area (Å²) in [6.45, 7) is 5.97. The molecule has 1 aromatic heterocycles. The van der Waals surface area contributed by atoms with Gasteiger partial charge in [0.05, 0.1) is 12.2 Å². The molecule has 6 nitrogen and oxygen atoms in total. The Kier molecular flexibility index (Phi) is 4.08. The lowest BCUT2D eigenvalue weighted by atomic mass is 9.81. The molecule has 0 aromatic carbocycles. The predicted octanol–water partition coefficient (Wildman–Crippen LogP) is 2.58. The molecule has 6 heteroatoms. The van der Waals surface area contributed by atoms with E-state index in [1.54, 1.807) is 0 Å². The maximum absolute atomic E-state index is 12.6. The Morgan fingerprint density at radius 2 is 1.96 bits per heavy atom. The Morgan fingerprint density at radius 3 is 2.52 bits per heavy atom. The molecular formula is C19H27N3O3. The molecule has 3 aliphatic rings. The molecular weight excluding hydrogens is 318 g/mol. The van der Waals surface area contributed by atoms with Crippen molar-refractivity contribution in [3.05, 3.63) is 17.0 Å². The largest absolute Gasteiger partial charge is 0.361 e. The van der Waals surface area contributed by atoms with E-state index in [2.05, 4.69) is 5.16 Å². The minimum Gasteiger partial charge on any atom is -0.361 e. The number of hydrogen-bond acceptors (Lipinski definition) is 4. The van der Waals surface area contributed by atoms with Gasteiger partial charge in [-0.3, -0.25) is 9.59 Å². The Bertz CT molecular complexity index is 665. The summed E-state index contributed by atoms with van der Waals surface area (Å²) >= 11 is 0. The van der Waals surface area contributed by atoms with Crippen LogP contribution in [-0.4, -0.2) is 45.4 Å². The van der Waals surface area contributed by atoms with Gasteiger partial charge in [0, 0.05) is 36.5 Å². The number of amides is 2. The van der Waals surface area contributed by atoms with Crippen LogP contribution in [0.5, 0.6) is 0 Å². The molecule has 0 N–H and O–H groups in total. The van der Waals surface area contributed by atoms with Gasteiger partial charge >= 0.3 is 0 Å². The number of carbonyl (C=O) groups is 2. The van der Waals surface area contributed by atoms with Crippen LogP contribution in [0, 0.1) is 19.8 Å². The maximum Gasteiger partial charge on any atom is 0.225 e. The molecule has 0 radical (unpaired) electrons. The molecule has 1 aliphatic carbocycles. The SMILES string of the molecule is Cc1noc(C)c1CN1C(=O)CCC12CCN(C(=O)C1CCC1)CC2. The average Bonchev–Trinajstić information content (AvgIpc) is 3.02. The van der Waals surface area contributed by atoms with Crippen molar-refractivity contribution in [3.63, 3.8) is 0 Å². The third-order valence-electron chi connectivity index (χ3n) is 6.64. The zero-order valence-electron chi connectivity index (χ0n) is 15.2. The monoisotopic (exact) mass is 345 g/mol. The van der Waals surface area contributed by atoms with Gasteiger partial charge in [-0.2, -0.15) is 0 Å². The standard InChI is InChI=1S/C19H27N3O3/c1-13-16(14(2)25-20-13)12-22-17(23)6-7-19(22)8-10-21(11-9-19)18(24)15-4-3-5-15/h15H,3-12H2,1-2H3. The van der Waals surface area contributed by atoms with E-state index < -0.39 is 0 Å². The van der Waals surface area contributed by atoms with E-state index in [4.69, 9.17) is 4.52 Å². The van der Waals surface area contributed by atoms with Crippen LogP contribution in [0.15, 0.2) is 4.52 Å². The van der Waals surface area contributed by atoms with E-state index in [1.807, 2.05) is 23.6 Å². The van der Waals surface area contributed by atoms with Crippen LogP contribution < -0.4 is 0 Å². The molecule has 136 valence electrons. The van der Waals surface area contributed by atoms with Crippen LogP contribution in [0.3, 0.4) is 0 Å². The number of aryl methyl sites for hydroxylation is 2. The molecule has 2 aliphatic heterocycles. The predicted molar refractivity (Wildman–Crippen MR) is 91.6 cm³/mol. The van der Waals surface area contributed by atoms with Gasteiger partial charge in [0.1, 0.15) is 5.76 Å². The molecule has 3 fully saturated rings. The fraction of sp³-hybridized carbons (Fsp3) is 0.737. The fourth-order valence-electron chi connectivity index (χ4n) is 4.59. The summed E-state index contributed by atoms with van der Waals surface area (Å²) in [6.07, 6.45) is 6.59. The molecule has 0 unspecified atom stereocenters. The molecule has 1 saturated carbocycles. The van der Waals surface area contributed by atoms with Gasteiger partial charge in [-0.15, -0.1) is 0 Å². The lowest BCUT2D eigenvalue weighted by Gasteiger charge is -2.46. The summed E-state index contributed by atoms with van der Waals surface area (Å²) in [5.41, 5.74) is 1.80. The van der Waals surface area contributed by atoms with Gasteiger partial charge in [0.2, 0.25) is 11.8 Å². The second-order valence-corrected chi connectivity index (χ2v) is 7.96. The van der Waals surface area contributed by atoms with E-state index in [-0.39, 0.29) is 17.4 Å². The van der Waals surface area contributed by atoms with Crippen molar-refractivity contribution in [2.75, 3.05) is 13.1 Å². The van der Waals surface area contributed by atoms with E-state index >= 15 is 0 Å². The first kappa shape index (κ1) is 16.6. The Balaban J connectivity index is 1.47. The van der Waals surface area contributed by atoms with Crippen LogP contribution in [0.4, 0.5) is 0 Å². The summed E-state index contributed by atoms with van der Waals surface area (Å²) in [6, 6.07) is 0. The molecule has 2 amide bonds. The van der Waals surface area contributed by atoms with Gasteiger partial charge in [-0.1, -0.05) is 11.6 Å². The third kappa shape index (κ3) is 2.75. The van der Waals surface area contributed by atoms with E-state index in [0.29, 0.717) is 18.9 Å². The van der Waals surface area contributed by atoms with Crippen molar-refractivity contribution >= 4 is 11.8 Å². The molecule has 1 spiro atoms. The van der Waals surface area contributed by atoms with Crippen LogP contribution >= 0.6 is 0 Å². The highest BCUT2D eigenvalue weighted by atomic mass is 16.5. The van der Waals surface area contributed by atoms with Crippen molar-refractivity contribution in [3.8, 4) is 0 Å². The van der Waals surface area contributed by atoms with Gasteiger partial charge in [-0.25, -0.2) is 0 Å². The maximum atomic E-state index is 12.6. The molecule has 1 aromatic rings. The number of carbonyl (C=O) groups excluding carboxylic acids is 2. The van der Waals surface area contributed by atoms with Gasteiger partial charge in [0.15, 0.2) is 0 Å². The fourth-order valence-corrected chi connectivity index (χ4v) is 4.59. The number of nitrogens with zero attached hydrogens (tertiary/aromatic N) is 3. The van der Waals surface area contributed by atoms with E-state index in [9.17, 15) is 9.59 Å². The minimum absolute atomic E-state index is 0.0936. The average molecular weight is 345 g/mol. The zero-order valence-corrected chi connectivity index (χ0v) is 15.2. The summed E-state index contributed by atoms with van der Waals surface area (Å²) in [5.74, 6) is 1.61. The van der Waals surface area contributed by atoms with Gasteiger partial charge in [-0.05, 0) is 46.0 Å². The normalized spacial score (nSPS) is 23.4. The Hall–Kier alpha value is -1.85. The highest BCUT2D eigenvalue weighted by molar-refractivity contribution is 5.81. The minimum atomic E-state index is -0.0936. The van der Waals surface area contributed by atoms with Crippen molar-refractivity contribution in [2.45, 2.75) is 70.9 Å². The molecule has 0 bridgehead atoms. The lowest BCUT2D eigenvalue weighted by Crippen LogP contribution is -2.55. The first-order chi connectivity index (χ1) is 12.0. The highest BCUT2D eigenvalue weighted by Crippen LogP contribution is 2.41. The lowest BCUT2D eigenvalue weighted by molar-refractivity contribution is -0.142. The molecule has 4 rings (SSSR count). The Labute approximate surface area is 148 Å².